The fraction of sp³-hybridized carbons (Fsp3) is 0.850. The summed E-state index contributed by atoms with van der Waals surface area (Å²) < 4.78 is 28.7. The Hall–Kier alpha value is -0.190. The molecular formula is C20H44NNaO7S. The first-order valence-electron chi connectivity index (χ1n) is 10.2. The van der Waals surface area contributed by atoms with Crippen LogP contribution < -0.4 is 35.7 Å². The van der Waals surface area contributed by atoms with Crippen molar-refractivity contribution in [1.82, 2.24) is 6.15 Å². The molecule has 178 valence electrons. The van der Waals surface area contributed by atoms with Crippen LogP contribution in [0.1, 0.15) is 98.3 Å². The maximum Gasteiger partial charge on any atom is 1.00 e. The summed E-state index contributed by atoms with van der Waals surface area (Å²) in [6, 6.07) is 0. The summed E-state index contributed by atoms with van der Waals surface area (Å²) in [7, 11) is -4.84. The van der Waals surface area contributed by atoms with E-state index in [1.54, 1.807) is 0 Å². The van der Waals surface area contributed by atoms with Gasteiger partial charge in [-0.25, -0.2) is 0 Å². The van der Waals surface area contributed by atoms with Crippen molar-refractivity contribution >= 4 is 22.1 Å². The Balaban J connectivity index is -0.000000104. The molecule has 2 unspecified atom stereocenters. The van der Waals surface area contributed by atoms with Gasteiger partial charge in [0.15, 0.2) is 5.25 Å². The summed E-state index contributed by atoms with van der Waals surface area (Å²) in [4.78, 5) is 20.0. The third kappa shape index (κ3) is 32.5. The van der Waals surface area contributed by atoms with Gasteiger partial charge >= 0.3 is 41.5 Å². The molecule has 0 aromatic heterocycles. The van der Waals surface area contributed by atoms with Gasteiger partial charge in [-0.15, -0.1) is 0 Å². The molecule has 0 saturated carbocycles. The van der Waals surface area contributed by atoms with Crippen LogP contribution in [0.25, 0.3) is 0 Å². The average molecular weight is 466 g/mol. The van der Waals surface area contributed by atoms with Crippen LogP contribution in [0.4, 0.5) is 0 Å². The molecule has 8 nitrogen and oxygen atoms in total. The van der Waals surface area contributed by atoms with Gasteiger partial charge in [-0.1, -0.05) is 91.9 Å². The molecule has 0 spiro atoms. The van der Waals surface area contributed by atoms with E-state index in [2.05, 4.69) is 34.6 Å². The zero-order valence-corrected chi connectivity index (χ0v) is 22.5. The molecule has 0 aliphatic carbocycles. The Bertz CT molecular complexity index is 482. The Morgan fingerprint density at radius 2 is 1.27 bits per heavy atom. The molecular weight excluding hydrogens is 421 g/mol. The number of hydrogen-bond donors (Lipinski definition) is 4. The number of carboxylic acid groups (broad SMARTS) is 2. The molecule has 0 aliphatic heterocycles. The van der Waals surface area contributed by atoms with Crippen LogP contribution in [-0.4, -0.2) is 40.4 Å². The van der Waals surface area contributed by atoms with E-state index in [9.17, 15) is 18.0 Å². The first-order chi connectivity index (χ1) is 13.0. The monoisotopic (exact) mass is 465 g/mol. The van der Waals surface area contributed by atoms with Gasteiger partial charge in [0.25, 0.3) is 10.1 Å². The zero-order valence-electron chi connectivity index (χ0n) is 19.7. The van der Waals surface area contributed by atoms with E-state index >= 15 is 0 Å². The van der Waals surface area contributed by atoms with Crippen LogP contribution in [0.2, 0.25) is 0 Å². The fourth-order valence-electron chi connectivity index (χ4n) is 2.03. The summed E-state index contributed by atoms with van der Waals surface area (Å²) in [6.07, 6.45) is 12.5. The Kier molecular flexibility index (Phi) is 36.0. The van der Waals surface area contributed by atoms with E-state index in [1.807, 2.05) is 0 Å². The predicted octanol–water partition coefficient (Wildman–Crippen LogP) is 2.37. The Labute approximate surface area is 206 Å². The van der Waals surface area contributed by atoms with Crippen molar-refractivity contribution in [1.29, 1.82) is 0 Å². The SMILES string of the molecule is CCCCCCCC.N.O=C(O)CC(C(=O)O)S(=O)(=O)O.[CH2-]C(CC)CCCC.[Na+]. The molecule has 0 aliphatic rings. The first-order valence-corrected chi connectivity index (χ1v) is 11.7. The van der Waals surface area contributed by atoms with Crippen molar-refractivity contribution in [2.45, 2.75) is 104 Å². The standard InChI is InChI=1S/C8H17.C8H18.C4H6O7S.H3N.Na/c1-4-6-7-8(3)5-2;1-3-5-7-8-6-4-2;5-3(6)1-2(4(7)8)12(9,10)11;;/h8H,3-7H2,1-2H3;3-8H2,1-2H3;2H,1H2,(H,5,6)(H,7,8)(H,9,10,11);1H3;/q-1;;;;+1. The van der Waals surface area contributed by atoms with Gasteiger partial charge in [-0.3, -0.25) is 14.1 Å². The van der Waals surface area contributed by atoms with Crippen LogP contribution in [0, 0.1) is 12.8 Å². The van der Waals surface area contributed by atoms with Crippen molar-refractivity contribution in [2.24, 2.45) is 5.92 Å². The van der Waals surface area contributed by atoms with E-state index in [4.69, 9.17) is 14.8 Å². The smallest absolute Gasteiger partial charge is 0.481 e. The second-order valence-electron chi connectivity index (χ2n) is 6.77. The number of carbonyl (C=O) groups is 2. The summed E-state index contributed by atoms with van der Waals surface area (Å²) >= 11 is 0. The second-order valence-corrected chi connectivity index (χ2v) is 8.37. The number of hydrogen-bond acceptors (Lipinski definition) is 5. The van der Waals surface area contributed by atoms with Crippen molar-refractivity contribution in [3.63, 3.8) is 0 Å². The van der Waals surface area contributed by atoms with Crippen molar-refractivity contribution in [2.75, 3.05) is 0 Å². The number of rotatable bonds is 13. The minimum absolute atomic E-state index is 0. The van der Waals surface area contributed by atoms with Gasteiger partial charge in [0, 0.05) is 0 Å². The van der Waals surface area contributed by atoms with E-state index in [0.717, 1.165) is 0 Å². The quantitative estimate of drug-likeness (QED) is 0.139. The molecule has 2 atom stereocenters. The number of aliphatic carboxylic acids is 2. The number of unbranched alkanes of at least 4 members (excludes halogenated alkanes) is 6. The predicted molar refractivity (Wildman–Crippen MR) is 118 cm³/mol. The van der Waals surface area contributed by atoms with Crippen LogP contribution in [-0.2, 0) is 19.7 Å². The summed E-state index contributed by atoms with van der Waals surface area (Å²) in [5.74, 6) is -2.80. The molecule has 0 aromatic rings. The summed E-state index contributed by atoms with van der Waals surface area (Å²) in [5, 5.41) is 13.9. The molecule has 0 amide bonds. The molecule has 0 radical (unpaired) electrons. The van der Waals surface area contributed by atoms with Gasteiger partial charge in [0.05, 0.1) is 6.42 Å². The molecule has 0 aromatic carbocycles. The Morgan fingerprint density at radius 3 is 1.47 bits per heavy atom. The van der Waals surface area contributed by atoms with E-state index in [1.165, 1.54) is 64.2 Å². The minimum atomic E-state index is -4.84. The molecule has 0 rings (SSSR count). The van der Waals surface area contributed by atoms with E-state index in [0.29, 0.717) is 5.92 Å². The van der Waals surface area contributed by atoms with Crippen LogP contribution >= 0.6 is 0 Å². The molecule has 0 saturated heterocycles. The largest absolute Gasteiger partial charge is 1.00 e. The van der Waals surface area contributed by atoms with Gasteiger partial charge in [0.2, 0.25) is 0 Å². The molecule has 30 heavy (non-hydrogen) atoms. The Morgan fingerprint density at radius 1 is 0.867 bits per heavy atom. The average Bonchev–Trinajstić information content (AvgIpc) is 2.61. The van der Waals surface area contributed by atoms with Crippen LogP contribution in [0.3, 0.4) is 0 Å². The molecule has 0 heterocycles. The van der Waals surface area contributed by atoms with Gasteiger partial charge in [0.1, 0.15) is 0 Å². The van der Waals surface area contributed by atoms with Gasteiger partial charge in [-0.2, -0.15) is 14.3 Å². The summed E-state index contributed by atoms with van der Waals surface area (Å²) in [6.45, 7) is 12.9. The van der Waals surface area contributed by atoms with Crippen molar-refractivity contribution < 1.29 is 62.3 Å². The number of carboxylic acids is 2. The third-order valence-corrected chi connectivity index (χ3v) is 5.08. The van der Waals surface area contributed by atoms with Gasteiger partial charge < -0.3 is 23.3 Å². The normalized spacial score (nSPS) is 11.8. The molecule has 10 heteroatoms. The molecule has 0 bridgehead atoms. The summed E-state index contributed by atoms with van der Waals surface area (Å²) in [5.41, 5.74) is 0. The van der Waals surface area contributed by atoms with Crippen molar-refractivity contribution in [3.8, 4) is 0 Å². The maximum atomic E-state index is 10.2. The molecule has 6 N–H and O–H groups in total. The first kappa shape index (κ1) is 40.2. The fourth-order valence-corrected chi connectivity index (χ4v) is 2.64. The van der Waals surface area contributed by atoms with Gasteiger partial charge in [-0.05, 0) is 0 Å². The molecule has 0 fully saturated rings. The third-order valence-electron chi connectivity index (χ3n) is 4.00. The van der Waals surface area contributed by atoms with E-state index in [-0.39, 0.29) is 35.7 Å². The van der Waals surface area contributed by atoms with E-state index < -0.39 is 33.7 Å². The van der Waals surface area contributed by atoms with Crippen molar-refractivity contribution in [3.05, 3.63) is 6.92 Å². The zero-order chi connectivity index (χ0) is 22.6. The van der Waals surface area contributed by atoms with Crippen LogP contribution in [0.5, 0.6) is 0 Å². The topological polar surface area (TPSA) is 164 Å². The second kappa shape index (κ2) is 26.8. The van der Waals surface area contributed by atoms with Crippen LogP contribution in [0.15, 0.2) is 0 Å². The maximum absolute atomic E-state index is 10.2. The minimum Gasteiger partial charge on any atom is -0.481 e.